The van der Waals surface area contributed by atoms with Crippen LogP contribution >= 0.6 is 0 Å². The van der Waals surface area contributed by atoms with Gasteiger partial charge in [0.1, 0.15) is 0 Å². The summed E-state index contributed by atoms with van der Waals surface area (Å²) in [5.41, 5.74) is 8.15. The van der Waals surface area contributed by atoms with Crippen LogP contribution in [-0.2, 0) is 4.74 Å². The number of anilines is 2. The summed E-state index contributed by atoms with van der Waals surface area (Å²) < 4.78 is 5.16. The third-order valence-corrected chi connectivity index (χ3v) is 2.75. The van der Waals surface area contributed by atoms with Gasteiger partial charge in [0, 0.05) is 19.7 Å². The van der Waals surface area contributed by atoms with Gasteiger partial charge in [-0.15, -0.1) is 0 Å². The fourth-order valence-corrected chi connectivity index (χ4v) is 1.94. The van der Waals surface area contributed by atoms with Crippen molar-refractivity contribution >= 4 is 11.4 Å². The van der Waals surface area contributed by atoms with E-state index in [0.717, 1.165) is 12.2 Å². The first-order valence-corrected chi connectivity index (χ1v) is 5.69. The number of hydrogen-bond acceptors (Lipinski definition) is 4. The molecular formula is C13H19N3O. The highest BCUT2D eigenvalue weighted by Crippen LogP contribution is 2.25. The molecule has 92 valence electrons. The molecule has 1 unspecified atom stereocenters. The van der Waals surface area contributed by atoms with E-state index in [-0.39, 0.29) is 6.04 Å². The Balaban J connectivity index is 3.00. The predicted molar refractivity (Wildman–Crippen MR) is 69.9 cm³/mol. The summed E-state index contributed by atoms with van der Waals surface area (Å²) in [5, 5.41) is 8.80. The zero-order valence-electron chi connectivity index (χ0n) is 10.6. The van der Waals surface area contributed by atoms with E-state index in [0.29, 0.717) is 17.9 Å². The zero-order chi connectivity index (χ0) is 12.8. The van der Waals surface area contributed by atoms with Crippen LogP contribution in [0.15, 0.2) is 18.2 Å². The first-order chi connectivity index (χ1) is 8.13. The van der Waals surface area contributed by atoms with Crippen LogP contribution in [-0.4, -0.2) is 26.3 Å². The lowest BCUT2D eigenvalue weighted by Gasteiger charge is -2.30. The summed E-state index contributed by atoms with van der Waals surface area (Å²) in [6.45, 7) is 5.66. The summed E-state index contributed by atoms with van der Waals surface area (Å²) in [6, 6.07) is 7.72. The van der Waals surface area contributed by atoms with Gasteiger partial charge < -0.3 is 15.4 Å². The minimum Gasteiger partial charge on any atom is -0.397 e. The fourth-order valence-electron chi connectivity index (χ4n) is 1.94. The summed E-state index contributed by atoms with van der Waals surface area (Å²) in [4.78, 5) is 2.17. The first kappa shape index (κ1) is 13.3. The average molecular weight is 233 g/mol. The number of nitrogen functional groups attached to an aromatic ring is 1. The number of benzene rings is 1. The number of likely N-dealkylation sites (N-methyl/N-ethyl adjacent to an activating group) is 1. The Morgan fingerprint density at radius 2 is 2.24 bits per heavy atom. The van der Waals surface area contributed by atoms with E-state index in [1.807, 2.05) is 6.07 Å². The topological polar surface area (TPSA) is 62.3 Å². The van der Waals surface area contributed by atoms with Crippen molar-refractivity contribution in [2.75, 3.05) is 30.9 Å². The predicted octanol–water partition coefficient (Wildman–Crippen LogP) is 2.00. The quantitative estimate of drug-likeness (QED) is 0.790. The molecule has 0 heterocycles. The van der Waals surface area contributed by atoms with E-state index in [9.17, 15) is 0 Å². The molecule has 0 spiro atoms. The van der Waals surface area contributed by atoms with Gasteiger partial charge in [-0.2, -0.15) is 5.26 Å². The summed E-state index contributed by atoms with van der Waals surface area (Å²) in [6.07, 6.45) is 0. The lowest BCUT2D eigenvalue weighted by Crippen LogP contribution is -2.36. The van der Waals surface area contributed by atoms with Crippen LogP contribution in [0.1, 0.15) is 19.4 Å². The molecule has 0 bridgehead atoms. The number of nitriles is 1. The molecule has 0 aliphatic carbocycles. The number of nitrogens with zero attached hydrogens (tertiary/aromatic N) is 2. The molecule has 0 amide bonds. The molecule has 0 saturated heterocycles. The van der Waals surface area contributed by atoms with Crippen LogP contribution in [0, 0.1) is 11.3 Å². The highest BCUT2D eigenvalue weighted by molar-refractivity contribution is 5.69. The van der Waals surface area contributed by atoms with Gasteiger partial charge in [-0.25, -0.2) is 0 Å². The minimum atomic E-state index is 0.250. The largest absolute Gasteiger partial charge is 0.397 e. The van der Waals surface area contributed by atoms with E-state index in [4.69, 9.17) is 15.7 Å². The molecule has 0 aliphatic heterocycles. The van der Waals surface area contributed by atoms with E-state index in [1.54, 1.807) is 19.2 Å². The van der Waals surface area contributed by atoms with Crippen molar-refractivity contribution in [1.82, 2.24) is 0 Å². The third-order valence-electron chi connectivity index (χ3n) is 2.75. The third kappa shape index (κ3) is 3.11. The van der Waals surface area contributed by atoms with Crippen molar-refractivity contribution in [2.24, 2.45) is 0 Å². The van der Waals surface area contributed by atoms with Gasteiger partial charge in [0.15, 0.2) is 0 Å². The van der Waals surface area contributed by atoms with Crippen LogP contribution < -0.4 is 10.6 Å². The lowest BCUT2D eigenvalue weighted by atomic mass is 10.1. The number of rotatable bonds is 5. The maximum absolute atomic E-state index is 8.80. The Morgan fingerprint density at radius 1 is 1.53 bits per heavy atom. The molecule has 4 heteroatoms. The van der Waals surface area contributed by atoms with Gasteiger partial charge in [-0.3, -0.25) is 0 Å². The standard InChI is InChI=1S/C13H19N3O/c1-4-16(10(2)9-17-3)13-6-5-11(8-14)7-12(13)15/h5-7,10H,4,9,15H2,1-3H3. The van der Waals surface area contributed by atoms with E-state index >= 15 is 0 Å². The van der Waals surface area contributed by atoms with E-state index in [1.165, 1.54) is 0 Å². The van der Waals surface area contributed by atoms with Crippen LogP contribution in [0.25, 0.3) is 0 Å². The molecule has 1 rings (SSSR count). The Labute approximate surface area is 103 Å². The van der Waals surface area contributed by atoms with Crippen molar-refractivity contribution in [3.05, 3.63) is 23.8 Å². The van der Waals surface area contributed by atoms with Gasteiger partial charge in [-0.1, -0.05) is 0 Å². The monoisotopic (exact) mass is 233 g/mol. The molecule has 2 N–H and O–H groups in total. The Hall–Kier alpha value is -1.73. The molecule has 0 radical (unpaired) electrons. The Bertz CT molecular complexity index is 412. The lowest BCUT2D eigenvalue weighted by molar-refractivity contribution is 0.182. The number of methoxy groups -OCH3 is 1. The number of ether oxygens (including phenoxy) is 1. The van der Waals surface area contributed by atoms with Crippen molar-refractivity contribution < 1.29 is 4.74 Å². The highest BCUT2D eigenvalue weighted by atomic mass is 16.5. The van der Waals surface area contributed by atoms with Crippen molar-refractivity contribution in [3.8, 4) is 6.07 Å². The number of nitrogens with two attached hydrogens (primary N) is 1. The van der Waals surface area contributed by atoms with Crippen LogP contribution in [0.2, 0.25) is 0 Å². The van der Waals surface area contributed by atoms with Gasteiger partial charge in [-0.05, 0) is 32.0 Å². The molecule has 1 aromatic carbocycles. The van der Waals surface area contributed by atoms with Crippen molar-refractivity contribution in [2.45, 2.75) is 19.9 Å². The maximum Gasteiger partial charge on any atom is 0.0992 e. The van der Waals surface area contributed by atoms with Crippen LogP contribution in [0.5, 0.6) is 0 Å². The van der Waals surface area contributed by atoms with Gasteiger partial charge in [0.2, 0.25) is 0 Å². The molecule has 1 atom stereocenters. The van der Waals surface area contributed by atoms with Gasteiger partial charge in [0.25, 0.3) is 0 Å². The van der Waals surface area contributed by atoms with E-state index in [2.05, 4.69) is 24.8 Å². The number of hydrogen-bond donors (Lipinski definition) is 1. The fraction of sp³-hybridized carbons (Fsp3) is 0.462. The second-order valence-electron chi connectivity index (χ2n) is 3.98. The van der Waals surface area contributed by atoms with Gasteiger partial charge >= 0.3 is 0 Å². The normalized spacial score (nSPS) is 11.9. The Kier molecular flexibility index (Phi) is 4.80. The highest BCUT2D eigenvalue weighted by Gasteiger charge is 2.15. The van der Waals surface area contributed by atoms with Crippen molar-refractivity contribution in [3.63, 3.8) is 0 Å². The second kappa shape index (κ2) is 6.12. The molecular weight excluding hydrogens is 214 g/mol. The molecule has 0 aliphatic rings. The summed E-state index contributed by atoms with van der Waals surface area (Å²) >= 11 is 0. The molecule has 0 saturated carbocycles. The second-order valence-corrected chi connectivity index (χ2v) is 3.98. The smallest absolute Gasteiger partial charge is 0.0992 e. The zero-order valence-corrected chi connectivity index (χ0v) is 10.6. The maximum atomic E-state index is 8.80. The minimum absolute atomic E-state index is 0.250. The molecule has 0 fully saturated rings. The van der Waals surface area contributed by atoms with Gasteiger partial charge in [0.05, 0.1) is 29.6 Å². The average Bonchev–Trinajstić information content (AvgIpc) is 2.32. The van der Waals surface area contributed by atoms with Crippen LogP contribution in [0.4, 0.5) is 11.4 Å². The molecule has 0 aromatic heterocycles. The molecule has 17 heavy (non-hydrogen) atoms. The Morgan fingerprint density at radius 3 is 2.71 bits per heavy atom. The van der Waals surface area contributed by atoms with Crippen LogP contribution in [0.3, 0.4) is 0 Å². The van der Waals surface area contributed by atoms with Crippen molar-refractivity contribution in [1.29, 1.82) is 5.26 Å². The summed E-state index contributed by atoms with van der Waals surface area (Å²) in [7, 11) is 1.69. The first-order valence-electron chi connectivity index (χ1n) is 5.69. The van der Waals surface area contributed by atoms with E-state index < -0.39 is 0 Å². The molecule has 4 nitrogen and oxygen atoms in total. The molecule has 1 aromatic rings. The SMILES string of the molecule is CCN(c1ccc(C#N)cc1N)C(C)COC. The summed E-state index contributed by atoms with van der Waals surface area (Å²) in [5.74, 6) is 0.